The molecule has 3 heterocycles. The number of rotatable bonds is 6. The molecule has 0 aliphatic carbocycles. The van der Waals surface area contributed by atoms with Crippen LogP contribution < -0.4 is 4.74 Å². The molecule has 1 aliphatic rings. The highest BCUT2D eigenvalue weighted by molar-refractivity contribution is 7.17. The van der Waals surface area contributed by atoms with Crippen molar-refractivity contribution in [2.45, 2.75) is 25.3 Å². The number of hydrogen-bond acceptors (Lipinski definition) is 6. The molecule has 7 heteroatoms. The predicted molar refractivity (Wildman–Crippen MR) is 122 cm³/mol. The van der Waals surface area contributed by atoms with Gasteiger partial charge in [0.15, 0.2) is 0 Å². The highest BCUT2D eigenvalue weighted by Crippen LogP contribution is 2.41. The van der Waals surface area contributed by atoms with Gasteiger partial charge in [-0.25, -0.2) is 4.98 Å². The van der Waals surface area contributed by atoms with Gasteiger partial charge in [0.2, 0.25) is 10.8 Å². The monoisotopic (exact) mass is 434 g/mol. The van der Waals surface area contributed by atoms with Crippen LogP contribution in [0.4, 0.5) is 0 Å². The van der Waals surface area contributed by atoms with E-state index >= 15 is 0 Å². The lowest BCUT2D eigenvalue weighted by Gasteiger charge is -2.37. The molecule has 1 saturated heterocycles. The summed E-state index contributed by atoms with van der Waals surface area (Å²) >= 11 is 1.51. The first kappa shape index (κ1) is 20.0. The first-order valence-electron chi connectivity index (χ1n) is 10.7. The molecule has 6 nitrogen and oxygen atoms in total. The van der Waals surface area contributed by atoms with Gasteiger partial charge in [-0.05, 0) is 61.5 Å². The summed E-state index contributed by atoms with van der Waals surface area (Å²) in [5, 5.41) is 15.1. The van der Waals surface area contributed by atoms with E-state index in [1.807, 2.05) is 12.1 Å². The van der Waals surface area contributed by atoms with Gasteiger partial charge in [0.25, 0.3) is 0 Å². The van der Waals surface area contributed by atoms with E-state index in [0.29, 0.717) is 10.9 Å². The second-order valence-corrected chi connectivity index (χ2v) is 9.10. The van der Waals surface area contributed by atoms with Crippen molar-refractivity contribution in [1.82, 2.24) is 19.5 Å². The smallest absolute Gasteiger partial charge is 0.230 e. The Morgan fingerprint density at radius 3 is 2.52 bits per heavy atom. The molecule has 0 amide bonds. The minimum atomic E-state index is -0.0305. The van der Waals surface area contributed by atoms with Gasteiger partial charge in [0, 0.05) is 0 Å². The number of aromatic nitrogens is 3. The van der Waals surface area contributed by atoms with Gasteiger partial charge in [-0.1, -0.05) is 53.8 Å². The zero-order valence-corrected chi connectivity index (χ0v) is 18.3. The maximum Gasteiger partial charge on any atom is 0.230 e. The van der Waals surface area contributed by atoms with Gasteiger partial charge in [-0.3, -0.25) is 4.90 Å². The van der Waals surface area contributed by atoms with E-state index < -0.39 is 0 Å². The molecular weight excluding hydrogens is 408 g/mol. The fourth-order valence-corrected chi connectivity index (χ4v) is 5.64. The number of fused-ring (bicyclic) bond motifs is 1. The van der Waals surface area contributed by atoms with Crippen LogP contribution in [0.15, 0.2) is 60.9 Å². The fourth-order valence-electron chi connectivity index (χ4n) is 4.55. The van der Waals surface area contributed by atoms with Crippen molar-refractivity contribution in [3.05, 3.63) is 76.9 Å². The topological polar surface area (TPSA) is 62.9 Å². The summed E-state index contributed by atoms with van der Waals surface area (Å²) in [5.41, 5.74) is 2.55. The molecule has 2 aromatic carbocycles. The molecule has 1 fully saturated rings. The van der Waals surface area contributed by atoms with Gasteiger partial charge in [-0.2, -0.15) is 9.61 Å². The van der Waals surface area contributed by atoms with Crippen LogP contribution in [0.1, 0.15) is 34.9 Å². The van der Waals surface area contributed by atoms with Gasteiger partial charge in [0.05, 0.1) is 18.0 Å². The number of methoxy groups -OCH3 is 1. The maximum atomic E-state index is 10.9. The number of nitrogens with zero attached hydrogens (tertiary/aromatic N) is 4. The zero-order chi connectivity index (χ0) is 21.2. The van der Waals surface area contributed by atoms with E-state index in [2.05, 4.69) is 57.4 Å². The van der Waals surface area contributed by atoms with Crippen LogP contribution in [0, 0.1) is 5.92 Å². The minimum Gasteiger partial charge on any atom is -0.497 e. The molecule has 1 N–H and O–H groups in total. The summed E-state index contributed by atoms with van der Waals surface area (Å²) < 4.78 is 6.87. The molecule has 0 bridgehead atoms. The molecule has 160 valence electrons. The highest BCUT2D eigenvalue weighted by Gasteiger charge is 2.32. The SMILES string of the molecule is COc1ccc(C(c2sc3ncnn3c2O)N2CCC(Cc3ccccc3)CC2)cc1. The Bertz CT molecular complexity index is 1130. The van der Waals surface area contributed by atoms with E-state index in [4.69, 9.17) is 4.74 Å². The van der Waals surface area contributed by atoms with Gasteiger partial charge in [-0.15, -0.1) is 0 Å². The van der Waals surface area contributed by atoms with Crippen LogP contribution in [0.25, 0.3) is 4.96 Å². The first-order valence-corrected chi connectivity index (χ1v) is 11.5. The van der Waals surface area contributed by atoms with E-state index in [9.17, 15) is 5.11 Å². The van der Waals surface area contributed by atoms with Gasteiger partial charge >= 0.3 is 0 Å². The molecule has 5 rings (SSSR count). The zero-order valence-electron chi connectivity index (χ0n) is 17.5. The Morgan fingerprint density at radius 2 is 1.84 bits per heavy atom. The summed E-state index contributed by atoms with van der Waals surface area (Å²) in [6.45, 7) is 1.97. The molecule has 1 aliphatic heterocycles. The molecule has 0 spiro atoms. The van der Waals surface area contributed by atoms with E-state index in [1.54, 1.807) is 7.11 Å². The van der Waals surface area contributed by atoms with Crippen molar-refractivity contribution < 1.29 is 9.84 Å². The Morgan fingerprint density at radius 1 is 1.10 bits per heavy atom. The Hall–Kier alpha value is -2.90. The van der Waals surface area contributed by atoms with Crippen molar-refractivity contribution in [3.8, 4) is 11.6 Å². The summed E-state index contributed by atoms with van der Waals surface area (Å²) in [6.07, 6.45) is 4.89. The lowest BCUT2D eigenvalue weighted by molar-refractivity contribution is 0.150. The molecule has 31 heavy (non-hydrogen) atoms. The largest absolute Gasteiger partial charge is 0.497 e. The Balaban J connectivity index is 1.41. The van der Waals surface area contributed by atoms with E-state index in [-0.39, 0.29) is 11.9 Å². The lowest BCUT2D eigenvalue weighted by Crippen LogP contribution is -2.37. The molecule has 2 aromatic heterocycles. The average Bonchev–Trinajstić information content (AvgIpc) is 3.40. The van der Waals surface area contributed by atoms with Crippen LogP contribution >= 0.6 is 11.3 Å². The van der Waals surface area contributed by atoms with E-state index in [1.165, 1.54) is 27.7 Å². The minimum absolute atomic E-state index is 0.0305. The number of thiazole rings is 1. The number of benzene rings is 2. The molecule has 1 atom stereocenters. The van der Waals surface area contributed by atoms with Gasteiger partial charge in [0.1, 0.15) is 12.1 Å². The second-order valence-electron chi connectivity index (χ2n) is 8.09. The van der Waals surface area contributed by atoms with Crippen molar-refractivity contribution >= 4 is 16.3 Å². The number of ether oxygens (including phenoxy) is 1. The summed E-state index contributed by atoms with van der Waals surface area (Å²) in [6, 6.07) is 18.9. The van der Waals surface area contributed by atoms with Crippen molar-refractivity contribution in [1.29, 1.82) is 0 Å². The highest BCUT2D eigenvalue weighted by atomic mass is 32.1. The summed E-state index contributed by atoms with van der Waals surface area (Å²) in [7, 11) is 1.68. The first-order chi connectivity index (χ1) is 15.2. The van der Waals surface area contributed by atoms with Crippen LogP contribution in [0.2, 0.25) is 0 Å². The van der Waals surface area contributed by atoms with Crippen LogP contribution in [-0.2, 0) is 6.42 Å². The third kappa shape index (κ3) is 4.03. The normalized spacial score (nSPS) is 16.5. The standard InChI is InChI=1S/C24H26N4O2S/c1-30-20-9-7-19(8-10-20)21(22-23(29)28-24(31-22)25-16-26-28)27-13-11-18(12-14-27)15-17-5-3-2-4-6-17/h2-10,16,18,21,29H,11-15H2,1H3. The third-order valence-corrected chi connectivity index (χ3v) is 7.29. The number of likely N-dealkylation sites (tertiary alicyclic amines) is 1. The lowest BCUT2D eigenvalue weighted by atomic mass is 9.89. The van der Waals surface area contributed by atoms with E-state index in [0.717, 1.165) is 48.5 Å². The molecule has 0 saturated carbocycles. The summed E-state index contributed by atoms with van der Waals surface area (Å²) in [4.78, 5) is 8.36. The molecular formula is C24H26N4O2S. The third-order valence-electron chi connectivity index (χ3n) is 6.20. The average molecular weight is 435 g/mol. The Kier molecular flexibility index (Phi) is 5.61. The molecule has 0 radical (unpaired) electrons. The number of piperidine rings is 1. The van der Waals surface area contributed by atoms with Gasteiger partial charge < -0.3 is 9.84 Å². The second kappa shape index (κ2) is 8.69. The molecule has 4 aromatic rings. The maximum absolute atomic E-state index is 10.9. The Labute approximate surface area is 185 Å². The van der Waals surface area contributed by atoms with Crippen molar-refractivity contribution in [2.24, 2.45) is 5.92 Å². The van der Waals surface area contributed by atoms with Crippen molar-refractivity contribution in [3.63, 3.8) is 0 Å². The summed E-state index contributed by atoms with van der Waals surface area (Å²) in [5.74, 6) is 1.70. The van der Waals surface area contributed by atoms with Crippen molar-refractivity contribution in [2.75, 3.05) is 20.2 Å². The van der Waals surface area contributed by atoms with Crippen LogP contribution in [0.3, 0.4) is 0 Å². The number of aromatic hydroxyl groups is 1. The quantitative estimate of drug-likeness (QED) is 0.482. The van der Waals surface area contributed by atoms with Crippen LogP contribution in [0.5, 0.6) is 11.6 Å². The predicted octanol–water partition coefficient (Wildman–Crippen LogP) is 4.55. The number of hydrogen-bond donors (Lipinski definition) is 1. The molecule has 1 unspecified atom stereocenters. The van der Waals surface area contributed by atoms with Crippen LogP contribution in [-0.4, -0.2) is 44.8 Å². The fraction of sp³-hybridized carbons (Fsp3) is 0.333.